The average Bonchev–Trinajstić information content (AvgIpc) is 2.86. The third-order valence-corrected chi connectivity index (χ3v) is 6.66. The van der Waals surface area contributed by atoms with Gasteiger partial charge in [0, 0.05) is 34.3 Å². The zero-order valence-electron chi connectivity index (χ0n) is 22.4. The molecule has 0 saturated carbocycles. The molecule has 7 nitrogen and oxygen atoms in total. The summed E-state index contributed by atoms with van der Waals surface area (Å²) in [6, 6.07) is 15.7. The Kier molecular flexibility index (Phi) is 12.5. The number of benzene rings is 2. The molecule has 0 aliphatic rings. The predicted molar refractivity (Wildman–Crippen MR) is 159 cm³/mol. The first-order valence-corrected chi connectivity index (χ1v) is 13.2. The molecule has 0 unspecified atom stereocenters. The molecule has 2 aromatic carbocycles. The molecule has 0 bridgehead atoms. The maximum atomic E-state index is 13.1. The molecule has 2 N–H and O–H groups in total. The van der Waals surface area contributed by atoms with Crippen molar-refractivity contribution in [3.63, 3.8) is 0 Å². The van der Waals surface area contributed by atoms with E-state index >= 15 is 0 Å². The predicted octanol–water partition coefficient (Wildman–Crippen LogP) is 6.70. The number of aromatic nitrogens is 1. The highest BCUT2D eigenvalue weighted by Gasteiger charge is 2.22. The number of nitrogens with one attached hydrogen (secondary N) is 1. The molecule has 1 aromatic heterocycles. The van der Waals surface area contributed by atoms with Crippen LogP contribution < -0.4 is 10.1 Å². The summed E-state index contributed by atoms with van der Waals surface area (Å²) in [6.45, 7) is 5.10. The van der Waals surface area contributed by atoms with Gasteiger partial charge in [0.25, 0.3) is 5.91 Å². The maximum Gasteiger partial charge on any atom is 0.305 e. The molecule has 0 saturated heterocycles. The molecule has 3 aromatic rings. The minimum Gasteiger partial charge on any atom is -0.492 e. The molecular weight excluding hydrogens is 561 g/mol. The first kappa shape index (κ1) is 32.4. The van der Waals surface area contributed by atoms with Crippen LogP contribution in [0.3, 0.4) is 0 Å². The lowest BCUT2D eigenvalue weighted by Gasteiger charge is -2.21. The Balaban J connectivity index is 0.00000533. The van der Waals surface area contributed by atoms with Crippen LogP contribution in [-0.2, 0) is 4.79 Å². The van der Waals surface area contributed by atoms with Crippen molar-refractivity contribution in [2.75, 3.05) is 27.2 Å². The first-order chi connectivity index (χ1) is 18.1. The van der Waals surface area contributed by atoms with Crippen molar-refractivity contribution in [1.29, 1.82) is 0 Å². The number of carbonyl (C=O) groups is 2. The number of nitrogens with zero attached hydrogens (tertiary/aromatic N) is 2. The van der Waals surface area contributed by atoms with E-state index < -0.39 is 17.9 Å². The number of amides is 1. The quantitative estimate of drug-likeness (QED) is 0.227. The molecule has 0 aliphatic heterocycles. The number of pyridine rings is 1. The van der Waals surface area contributed by atoms with Crippen LogP contribution in [0.5, 0.6) is 5.75 Å². The summed E-state index contributed by atoms with van der Waals surface area (Å²) in [6.07, 6.45) is 0.652. The van der Waals surface area contributed by atoms with Gasteiger partial charge < -0.3 is 20.1 Å². The summed E-state index contributed by atoms with van der Waals surface area (Å²) in [5.41, 5.74) is 2.89. The van der Waals surface area contributed by atoms with Crippen LogP contribution >= 0.6 is 35.6 Å². The van der Waals surface area contributed by atoms with Crippen LogP contribution in [0.15, 0.2) is 54.6 Å². The van der Waals surface area contributed by atoms with E-state index in [2.05, 4.69) is 10.2 Å². The molecule has 39 heavy (non-hydrogen) atoms. The number of carboxylic acids is 1. The molecule has 10 heteroatoms. The highest BCUT2D eigenvalue weighted by Crippen LogP contribution is 2.37. The van der Waals surface area contributed by atoms with Gasteiger partial charge >= 0.3 is 5.97 Å². The first-order valence-electron chi connectivity index (χ1n) is 12.4. The lowest BCUT2D eigenvalue weighted by molar-refractivity contribution is -0.137. The molecule has 0 aliphatic carbocycles. The Morgan fingerprint density at radius 1 is 1.03 bits per heavy atom. The number of hydrogen-bond donors (Lipinski definition) is 2. The second-order valence-corrected chi connectivity index (χ2v) is 10.5. The molecular formula is C29H34Cl3N3O4. The molecule has 0 spiro atoms. The summed E-state index contributed by atoms with van der Waals surface area (Å²) in [4.78, 5) is 31.2. The van der Waals surface area contributed by atoms with Gasteiger partial charge in [0.1, 0.15) is 11.4 Å². The van der Waals surface area contributed by atoms with E-state index in [-0.39, 0.29) is 30.4 Å². The second kappa shape index (κ2) is 15.1. The van der Waals surface area contributed by atoms with Crippen molar-refractivity contribution in [1.82, 2.24) is 15.2 Å². The van der Waals surface area contributed by atoms with Crippen LogP contribution in [0.1, 0.15) is 37.2 Å². The van der Waals surface area contributed by atoms with E-state index in [9.17, 15) is 14.7 Å². The number of hydrogen-bond acceptors (Lipinski definition) is 5. The van der Waals surface area contributed by atoms with Crippen LogP contribution in [-0.4, -0.2) is 60.2 Å². The maximum absolute atomic E-state index is 13.1. The van der Waals surface area contributed by atoms with Gasteiger partial charge in [-0.15, -0.1) is 12.4 Å². The second-order valence-electron chi connectivity index (χ2n) is 9.64. The fourth-order valence-corrected chi connectivity index (χ4v) is 4.32. The fourth-order valence-electron chi connectivity index (χ4n) is 3.91. The number of aliphatic carboxylic acids is 1. The highest BCUT2D eigenvalue weighted by molar-refractivity contribution is 6.33. The zero-order valence-corrected chi connectivity index (χ0v) is 24.7. The van der Waals surface area contributed by atoms with Gasteiger partial charge in [-0.05, 0) is 56.8 Å². The summed E-state index contributed by atoms with van der Waals surface area (Å²) in [5, 5.41) is 13.1. The smallest absolute Gasteiger partial charge is 0.305 e. The average molecular weight is 595 g/mol. The van der Waals surface area contributed by atoms with E-state index in [0.717, 1.165) is 24.1 Å². The lowest BCUT2D eigenvalue weighted by atomic mass is 9.98. The van der Waals surface area contributed by atoms with E-state index in [0.29, 0.717) is 33.7 Å². The summed E-state index contributed by atoms with van der Waals surface area (Å²) in [5.74, 6) is -0.983. The molecule has 1 heterocycles. The van der Waals surface area contributed by atoms with Gasteiger partial charge in [-0.1, -0.05) is 61.3 Å². The number of halogens is 3. The van der Waals surface area contributed by atoms with E-state index in [1.807, 2.05) is 58.3 Å². The van der Waals surface area contributed by atoms with Crippen molar-refractivity contribution in [3.05, 3.63) is 70.3 Å². The zero-order chi connectivity index (χ0) is 27.8. The standard InChI is InChI=1S/C29H33Cl2N3O4.ClH/c1-18(2)25(17-27(35)36)33-29(37)24-13-11-21(20-8-5-6-9-22(20)30)28(32-24)19-10-12-23(31)26(16-19)38-15-7-14-34(3)4;/h5-6,8-13,16,18,25H,7,14-15,17H2,1-4H3,(H,33,37)(H,35,36);1H/t25-;/m0./s1. The number of rotatable bonds is 12. The lowest BCUT2D eigenvalue weighted by Crippen LogP contribution is -2.40. The molecule has 3 rings (SSSR count). The Morgan fingerprint density at radius 2 is 1.74 bits per heavy atom. The minimum absolute atomic E-state index is 0. The Morgan fingerprint density at radius 3 is 2.38 bits per heavy atom. The van der Waals surface area contributed by atoms with Gasteiger partial charge in [0.2, 0.25) is 0 Å². The van der Waals surface area contributed by atoms with Gasteiger partial charge in [0.15, 0.2) is 0 Å². The van der Waals surface area contributed by atoms with Crippen molar-refractivity contribution in [2.45, 2.75) is 32.7 Å². The fraction of sp³-hybridized carbons (Fsp3) is 0.345. The van der Waals surface area contributed by atoms with Crippen LogP contribution in [0, 0.1) is 5.92 Å². The third kappa shape index (κ3) is 9.11. The van der Waals surface area contributed by atoms with Gasteiger partial charge in [-0.25, -0.2) is 4.98 Å². The molecule has 210 valence electrons. The van der Waals surface area contributed by atoms with Gasteiger partial charge in [0.05, 0.1) is 23.7 Å². The van der Waals surface area contributed by atoms with Crippen molar-refractivity contribution in [3.8, 4) is 28.1 Å². The van der Waals surface area contributed by atoms with E-state index in [4.69, 9.17) is 32.9 Å². The van der Waals surface area contributed by atoms with Gasteiger partial charge in [-0.2, -0.15) is 0 Å². The molecule has 1 atom stereocenters. The Labute approximate surface area is 245 Å². The van der Waals surface area contributed by atoms with Crippen LogP contribution in [0.4, 0.5) is 0 Å². The Bertz CT molecular complexity index is 1280. The molecule has 1 amide bonds. The monoisotopic (exact) mass is 593 g/mol. The Hall–Kier alpha value is -2.84. The number of ether oxygens (including phenoxy) is 1. The number of carboxylic acid groups (broad SMARTS) is 1. The molecule has 0 fully saturated rings. The summed E-state index contributed by atoms with van der Waals surface area (Å²) >= 11 is 13.0. The van der Waals surface area contributed by atoms with Crippen LogP contribution in [0.25, 0.3) is 22.4 Å². The SMILES string of the molecule is CC(C)[C@H](CC(=O)O)NC(=O)c1ccc(-c2ccccc2Cl)c(-c2ccc(Cl)c(OCCCN(C)C)c2)n1.Cl. The normalized spacial score (nSPS) is 11.7. The van der Waals surface area contributed by atoms with E-state index in [1.54, 1.807) is 24.3 Å². The molecule has 0 radical (unpaired) electrons. The van der Waals surface area contributed by atoms with Gasteiger partial charge in [-0.3, -0.25) is 9.59 Å². The largest absolute Gasteiger partial charge is 0.492 e. The third-order valence-electron chi connectivity index (χ3n) is 6.02. The summed E-state index contributed by atoms with van der Waals surface area (Å²) in [7, 11) is 4.01. The topological polar surface area (TPSA) is 91.8 Å². The minimum atomic E-state index is -0.981. The van der Waals surface area contributed by atoms with Crippen molar-refractivity contribution in [2.24, 2.45) is 5.92 Å². The highest BCUT2D eigenvalue weighted by atomic mass is 35.5. The van der Waals surface area contributed by atoms with Crippen molar-refractivity contribution >= 4 is 47.5 Å². The van der Waals surface area contributed by atoms with E-state index in [1.165, 1.54) is 0 Å². The van der Waals surface area contributed by atoms with Crippen molar-refractivity contribution < 1.29 is 19.4 Å². The summed E-state index contributed by atoms with van der Waals surface area (Å²) < 4.78 is 5.96. The van der Waals surface area contributed by atoms with Crippen LogP contribution in [0.2, 0.25) is 10.0 Å². The number of carbonyl (C=O) groups excluding carboxylic acids is 1.